The second-order valence-electron chi connectivity index (χ2n) is 9.75. The predicted molar refractivity (Wildman–Crippen MR) is 155 cm³/mol. The van der Waals surface area contributed by atoms with E-state index < -0.39 is 84.2 Å². The van der Waals surface area contributed by atoms with Crippen molar-refractivity contribution in [2.24, 2.45) is 0 Å². The lowest BCUT2D eigenvalue weighted by molar-refractivity contribution is -0.0566. The van der Waals surface area contributed by atoms with Crippen LogP contribution in [0.1, 0.15) is 12.5 Å². The fraction of sp³-hybridized carbons (Fsp3) is 0.476. The molecule has 0 saturated carbocycles. The van der Waals surface area contributed by atoms with Gasteiger partial charge in [-0.15, -0.1) is 0 Å². The lowest BCUT2D eigenvalue weighted by Gasteiger charge is -2.31. The molecule has 10 atom stereocenters. The highest BCUT2D eigenvalue weighted by molar-refractivity contribution is 8.07. The molecular weight excluding hydrogens is 649 g/mol. The van der Waals surface area contributed by atoms with Crippen molar-refractivity contribution in [1.29, 1.82) is 0 Å². The van der Waals surface area contributed by atoms with Gasteiger partial charge in [-0.1, -0.05) is 0 Å². The van der Waals surface area contributed by atoms with Crippen molar-refractivity contribution in [3.63, 3.8) is 0 Å². The third-order valence-corrected chi connectivity index (χ3v) is 9.51. The van der Waals surface area contributed by atoms with Crippen molar-refractivity contribution in [3.8, 4) is 0 Å². The van der Waals surface area contributed by atoms with Crippen LogP contribution in [-0.2, 0) is 43.9 Å². The van der Waals surface area contributed by atoms with Crippen LogP contribution in [0.25, 0.3) is 22.3 Å². The minimum absolute atomic E-state index is 0.0771. The van der Waals surface area contributed by atoms with Gasteiger partial charge in [0.05, 0.1) is 39.1 Å². The quantitative estimate of drug-likeness (QED) is 0.194. The van der Waals surface area contributed by atoms with Gasteiger partial charge in [-0.2, -0.15) is 0 Å². The number of fused-ring (bicyclic) bond motifs is 4. The predicted octanol–water partition coefficient (Wildman–Crippen LogP) is 0.414. The largest absolute Gasteiger partial charge is 0.397 e. The standard InChI is InChI=1S/C21H25BF2N9O8P2S/c22-42(34)36-3-9-16(12(24)21(38-9)33-7-31-14-17(26)28-5-29-19(14)33)41-43(35,44)37-4-10-15(40-42)11(23)20(39-10)32-6-30-13-8(25)1-2-27-18(13)32/h1-2,5-7,9-12,15-16,20-21H,3-4H2,22H3,(H2,25,27)(H,35,44)(H2,26,28,29)/q-1/t9-,10?,11-,12-,15-,16-,20-,21-,42-,43?/m1/s1. The Morgan fingerprint density at radius 2 is 1.50 bits per heavy atom. The number of nitrogen functional groups attached to an aromatic ring is 2. The molecule has 44 heavy (non-hydrogen) atoms. The van der Waals surface area contributed by atoms with Gasteiger partial charge in [0.2, 0.25) is 0 Å². The Bertz CT molecular complexity index is 1710. The molecule has 236 valence electrons. The van der Waals surface area contributed by atoms with E-state index in [0.29, 0.717) is 11.2 Å². The average Bonchev–Trinajstić information content (AvgIpc) is 3.73. The molecule has 0 amide bonds. The van der Waals surface area contributed by atoms with Gasteiger partial charge >= 0.3 is 6.72 Å². The van der Waals surface area contributed by atoms with Gasteiger partial charge in [-0.3, -0.25) is 13.7 Å². The maximum Gasteiger partial charge on any atom is 0.325 e. The van der Waals surface area contributed by atoms with Crippen LogP contribution in [0.5, 0.6) is 0 Å². The van der Waals surface area contributed by atoms with E-state index >= 15 is 8.78 Å². The zero-order valence-corrected chi connectivity index (χ0v) is 24.2. The third kappa shape index (κ3) is 5.20. The molecule has 0 bridgehead atoms. The number of nitrogens with zero attached hydrogens (tertiary/aromatic N) is 7. The zero-order valence-electron chi connectivity index (χ0n) is 21.6. The number of nitrogens with two attached hydrogens (primary N) is 2. The van der Waals surface area contributed by atoms with E-state index in [1.807, 2.05) is 0 Å². The van der Waals surface area contributed by atoms with E-state index in [-0.39, 0.29) is 22.6 Å². The molecule has 5 N–H and O–H groups in total. The summed E-state index contributed by atoms with van der Waals surface area (Å²) in [5, 5.41) is 0. The average molecular weight is 674 g/mol. The molecule has 0 spiro atoms. The van der Waals surface area contributed by atoms with Crippen molar-refractivity contribution in [1.82, 2.24) is 34.1 Å². The monoisotopic (exact) mass is 674 g/mol. The summed E-state index contributed by atoms with van der Waals surface area (Å²) in [5.41, 5.74) is 13.1. The van der Waals surface area contributed by atoms with Crippen molar-refractivity contribution >= 4 is 67.4 Å². The minimum atomic E-state index is -4.20. The highest BCUT2D eigenvalue weighted by Crippen LogP contribution is 2.54. The number of alkyl halides is 2. The molecule has 4 aromatic heterocycles. The van der Waals surface area contributed by atoms with Gasteiger partial charge in [0, 0.05) is 6.20 Å². The van der Waals surface area contributed by atoms with Gasteiger partial charge in [-0.25, -0.2) is 33.7 Å². The number of halogens is 2. The van der Waals surface area contributed by atoms with E-state index in [9.17, 15) is 9.46 Å². The second-order valence-corrected chi connectivity index (χ2v) is 13.5. The number of pyridine rings is 1. The summed E-state index contributed by atoms with van der Waals surface area (Å²) in [6, 6.07) is 1.55. The van der Waals surface area contributed by atoms with E-state index in [2.05, 4.69) is 24.9 Å². The molecule has 7 heterocycles. The Morgan fingerprint density at radius 3 is 2.18 bits per heavy atom. The van der Waals surface area contributed by atoms with Crippen LogP contribution in [0.2, 0.25) is 0 Å². The number of aromatic nitrogens is 7. The van der Waals surface area contributed by atoms with Gasteiger partial charge in [0.25, 0.3) is 0 Å². The van der Waals surface area contributed by atoms with Crippen LogP contribution in [0.15, 0.2) is 31.2 Å². The maximum atomic E-state index is 16.0. The van der Waals surface area contributed by atoms with E-state index in [1.165, 1.54) is 34.3 Å². The molecule has 0 aliphatic carbocycles. The van der Waals surface area contributed by atoms with Crippen LogP contribution < -0.4 is 11.5 Å². The summed E-state index contributed by atoms with van der Waals surface area (Å²) >= 11 is 5.19. The van der Waals surface area contributed by atoms with E-state index in [4.69, 9.17) is 50.8 Å². The molecule has 17 nitrogen and oxygen atoms in total. The number of ether oxygens (including phenoxy) is 2. The molecule has 7 rings (SSSR count). The Hall–Kier alpha value is -2.71. The fourth-order valence-electron chi connectivity index (χ4n) is 5.17. The Balaban J connectivity index is 1.17. The van der Waals surface area contributed by atoms with Gasteiger partial charge in [-0.05, 0) is 17.9 Å². The summed E-state index contributed by atoms with van der Waals surface area (Å²) < 4.78 is 82.6. The Kier molecular flexibility index (Phi) is 7.48. The first-order valence-corrected chi connectivity index (χ1v) is 16.3. The summed E-state index contributed by atoms with van der Waals surface area (Å²) in [7, 11) is -5.04. The first-order chi connectivity index (χ1) is 20.9. The Morgan fingerprint density at radius 1 is 0.909 bits per heavy atom. The van der Waals surface area contributed by atoms with Crippen LogP contribution in [0, 0.1) is 0 Å². The van der Waals surface area contributed by atoms with Crippen LogP contribution in [0.3, 0.4) is 0 Å². The SMILES string of the molecule is [BH3-][P@@]1(=O)OC[C@H]2O[C@@H](n3cnc4c(N)ncnc43)[C@H](F)[C@@H]2OP(O)(=S)OCC2O[C@@H](n3cnc4c(N)ccnc43)[C@H](F)[C@@H]2O1. The normalized spacial score (nSPS) is 38.3. The molecule has 2 unspecified atom stereocenters. The summed E-state index contributed by atoms with van der Waals surface area (Å²) in [4.78, 5) is 31.5. The number of anilines is 2. The van der Waals surface area contributed by atoms with Gasteiger partial charge in [0.15, 0.2) is 41.9 Å². The van der Waals surface area contributed by atoms with E-state index in [1.54, 1.807) is 6.07 Å². The van der Waals surface area contributed by atoms with Crippen molar-refractivity contribution in [2.75, 3.05) is 24.7 Å². The number of hydrogen-bond donors (Lipinski definition) is 3. The lowest BCUT2D eigenvalue weighted by Crippen LogP contribution is -2.37. The molecule has 4 aromatic rings. The molecule has 3 aliphatic rings. The molecule has 23 heteroatoms. The summed E-state index contributed by atoms with van der Waals surface area (Å²) in [5.74, 6) is 0.0771. The molecule has 3 aliphatic heterocycles. The number of hydrogen-bond acceptors (Lipinski definition) is 15. The topological polar surface area (TPSA) is 219 Å². The molecule has 0 radical (unpaired) electrons. The molecule has 3 saturated heterocycles. The zero-order chi connectivity index (χ0) is 31.0. The van der Waals surface area contributed by atoms with Crippen LogP contribution >= 0.6 is 14.2 Å². The first-order valence-electron chi connectivity index (χ1n) is 12.6. The minimum Gasteiger partial charge on any atom is -0.397 e. The van der Waals surface area contributed by atoms with Crippen molar-refractivity contribution < 1.29 is 45.8 Å². The lowest BCUT2D eigenvalue weighted by atomic mass is 10.1. The molecular formula is C21H25BF2N9O8P2S-. The summed E-state index contributed by atoms with van der Waals surface area (Å²) in [6.07, 6.45) is -6.82. The van der Waals surface area contributed by atoms with Crippen molar-refractivity contribution in [3.05, 3.63) is 31.2 Å². The highest BCUT2D eigenvalue weighted by atomic mass is 32.5. The number of rotatable bonds is 2. The molecule has 3 fully saturated rings. The maximum absolute atomic E-state index is 16.0. The summed E-state index contributed by atoms with van der Waals surface area (Å²) in [6.45, 7) is -5.24. The number of imidazole rings is 2. The van der Waals surface area contributed by atoms with Crippen LogP contribution in [-0.4, -0.2) is 96.5 Å². The fourth-order valence-corrected chi connectivity index (χ4v) is 7.38. The first kappa shape index (κ1) is 30.0. The van der Waals surface area contributed by atoms with Gasteiger partial charge < -0.3 is 44.0 Å². The van der Waals surface area contributed by atoms with Crippen LogP contribution in [0.4, 0.5) is 20.3 Å². The second kappa shape index (κ2) is 11.0. The van der Waals surface area contributed by atoms with E-state index in [0.717, 1.165) is 0 Å². The van der Waals surface area contributed by atoms with Crippen molar-refractivity contribution in [2.45, 2.75) is 49.2 Å². The molecule has 0 aromatic carbocycles. The third-order valence-electron chi connectivity index (χ3n) is 7.17. The van der Waals surface area contributed by atoms with Gasteiger partial charge in [0.1, 0.15) is 49.3 Å². The highest BCUT2D eigenvalue weighted by Gasteiger charge is 2.53. The smallest absolute Gasteiger partial charge is 0.325 e. The Labute approximate surface area is 252 Å².